The Kier molecular flexibility index (Phi) is 6.75. The zero-order valence-electron chi connectivity index (χ0n) is 11.5. The third kappa shape index (κ3) is 4.33. The molecule has 0 heterocycles. The lowest BCUT2D eigenvalue weighted by molar-refractivity contribution is 0.281. The van der Waals surface area contributed by atoms with Crippen molar-refractivity contribution in [2.75, 3.05) is 0 Å². The van der Waals surface area contributed by atoms with Gasteiger partial charge < -0.3 is 5.11 Å². The van der Waals surface area contributed by atoms with Crippen molar-refractivity contribution in [1.29, 1.82) is 0 Å². The van der Waals surface area contributed by atoms with Gasteiger partial charge in [-0.25, -0.2) is 13.1 Å². The van der Waals surface area contributed by atoms with E-state index in [9.17, 15) is 8.42 Å². The van der Waals surface area contributed by atoms with Gasteiger partial charge in [-0.1, -0.05) is 43.5 Å². The van der Waals surface area contributed by atoms with Gasteiger partial charge >= 0.3 is 0 Å². The monoisotopic (exact) mass is 339 g/mol. The van der Waals surface area contributed by atoms with Gasteiger partial charge in [0.25, 0.3) is 0 Å². The Morgan fingerprint density at radius 2 is 1.90 bits per heavy atom. The van der Waals surface area contributed by atoms with Crippen molar-refractivity contribution >= 4 is 33.2 Å². The standard InChI is InChI=1S/C13H19Cl2NO3S/c1-3-5-10(4-2)16-20(18,19)13-6-9(8-17)11(14)7-12(13)15/h6-7,10,16-17H,3-5,8H2,1-2H3. The summed E-state index contributed by atoms with van der Waals surface area (Å²) in [5.74, 6) is 0. The zero-order valence-corrected chi connectivity index (χ0v) is 13.8. The highest BCUT2D eigenvalue weighted by Crippen LogP contribution is 2.29. The van der Waals surface area contributed by atoms with Crippen LogP contribution >= 0.6 is 23.2 Å². The second-order valence-electron chi connectivity index (χ2n) is 4.55. The molecule has 1 aromatic carbocycles. The van der Waals surface area contributed by atoms with Crippen molar-refractivity contribution in [3.05, 3.63) is 27.7 Å². The van der Waals surface area contributed by atoms with E-state index < -0.39 is 10.0 Å². The number of aliphatic hydroxyl groups is 1. The number of halogens is 2. The zero-order chi connectivity index (χ0) is 15.3. The van der Waals surface area contributed by atoms with E-state index in [4.69, 9.17) is 28.3 Å². The van der Waals surface area contributed by atoms with Crippen LogP contribution in [0.5, 0.6) is 0 Å². The lowest BCUT2D eigenvalue weighted by Crippen LogP contribution is -2.34. The SMILES string of the molecule is CCCC(CC)NS(=O)(=O)c1cc(CO)c(Cl)cc1Cl. The normalized spacial score (nSPS) is 13.4. The second kappa shape index (κ2) is 7.61. The van der Waals surface area contributed by atoms with Crippen molar-refractivity contribution < 1.29 is 13.5 Å². The molecule has 0 aliphatic carbocycles. The number of benzene rings is 1. The van der Waals surface area contributed by atoms with Crippen LogP contribution in [0.4, 0.5) is 0 Å². The summed E-state index contributed by atoms with van der Waals surface area (Å²) < 4.78 is 27.3. The van der Waals surface area contributed by atoms with Gasteiger partial charge in [-0.2, -0.15) is 0 Å². The van der Waals surface area contributed by atoms with Crippen LogP contribution in [0.3, 0.4) is 0 Å². The fourth-order valence-electron chi connectivity index (χ4n) is 1.88. The molecule has 0 spiro atoms. The maximum absolute atomic E-state index is 12.4. The molecule has 0 saturated heterocycles. The molecule has 114 valence electrons. The molecule has 0 radical (unpaired) electrons. The van der Waals surface area contributed by atoms with Crippen LogP contribution in [0.15, 0.2) is 17.0 Å². The highest BCUT2D eigenvalue weighted by atomic mass is 35.5. The lowest BCUT2D eigenvalue weighted by atomic mass is 10.1. The van der Waals surface area contributed by atoms with E-state index in [1.54, 1.807) is 0 Å². The van der Waals surface area contributed by atoms with E-state index in [2.05, 4.69) is 4.72 Å². The van der Waals surface area contributed by atoms with E-state index in [1.807, 2.05) is 13.8 Å². The Morgan fingerprint density at radius 3 is 2.40 bits per heavy atom. The minimum Gasteiger partial charge on any atom is -0.392 e. The first-order valence-corrected chi connectivity index (χ1v) is 8.70. The first kappa shape index (κ1) is 17.7. The first-order chi connectivity index (χ1) is 9.35. The smallest absolute Gasteiger partial charge is 0.242 e. The maximum atomic E-state index is 12.4. The molecule has 1 unspecified atom stereocenters. The molecule has 20 heavy (non-hydrogen) atoms. The number of hydrogen-bond donors (Lipinski definition) is 2. The molecule has 0 bridgehead atoms. The van der Waals surface area contributed by atoms with Crippen LogP contribution < -0.4 is 4.72 Å². The molecule has 1 rings (SSSR count). The van der Waals surface area contributed by atoms with Crippen molar-refractivity contribution in [2.24, 2.45) is 0 Å². The van der Waals surface area contributed by atoms with Gasteiger partial charge in [0.05, 0.1) is 11.6 Å². The molecule has 0 aliphatic rings. The average Bonchev–Trinajstić information content (AvgIpc) is 2.37. The summed E-state index contributed by atoms with van der Waals surface area (Å²) >= 11 is 11.8. The Balaban J connectivity index is 3.15. The number of sulfonamides is 1. The van der Waals surface area contributed by atoms with E-state index in [0.717, 1.165) is 12.8 Å². The summed E-state index contributed by atoms with van der Waals surface area (Å²) in [6.45, 7) is 3.58. The number of nitrogens with one attached hydrogen (secondary N) is 1. The third-order valence-electron chi connectivity index (χ3n) is 3.01. The largest absolute Gasteiger partial charge is 0.392 e. The molecule has 4 nitrogen and oxygen atoms in total. The van der Waals surface area contributed by atoms with Crippen LogP contribution in [0, 0.1) is 0 Å². The van der Waals surface area contributed by atoms with Crippen molar-refractivity contribution in [3.63, 3.8) is 0 Å². The Labute approximate surface area is 130 Å². The summed E-state index contributed by atoms with van der Waals surface area (Å²) in [6.07, 6.45) is 2.34. The Morgan fingerprint density at radius 1 is 1.25 bits per heavy atom. The van der Waals surface area contributed by atoms with Gasteiger partial charge in [-0.15, -0.1) is 0 Å². The number of hydrogen-bond acceptors (Lipinski definition) is 3. The molecule has 1 aromatic rings. The summed E-state index contributed by atoms with van der Waals surface area (Å²) in [4.78, 5) is -0.0535. The topological polar surface area (TPSA) is 66.4 Å². The molecule has 0 aliphatic heterocycles. The van der Waals surface area contributed by atoms with Gasteiger partial charge in [0.1, 0.15) is 4.90 Å². The summed E-state index contributed by atoms with van der Waals surface area (Å²) in [5, 5.41) is 9.46. The number of rotatable bonds is 7. The first-order valence-electron chi connectivity index (χ1n) is 6.46. The molecular formula is C13H19Cl2NO3S. The van der Waals surface area contributed by atoms with Crippen LogP contribution in [0.1, 0.15) is 38.7 Å². The quantitative estimate of drug-likeness (QED) is 0.800. The predicted molar refractivity (Wildman–Crippen MR) is 81.7 cm³/mol. The molecule has 7 heteroatoms. The Hall–Kier alpha value is -0.330. The molecule has 1 atom stereocenters. The fraction of sp³-hybridized carbons (Fsp3) is 0.538. The van der Waals surface area contributed by atoms with Crippen LogP contribution in [-0.2, 0) is 16.6 Å². The summed E-state index contributed by atoms with van der Waals surface area (Å²) in [7, 11) is -3.73. The van der Waals surface area contributed by atoms with Crippen molar-refractivity contribution in [2.45, 2.75) is 50.7 Å². The van der Waals surface area contributed by atoms with Crippen LogP contribution in [0.25, 0.3) is 0 Å². The van der Waals surface area contributed by atoms with Gasteiger partial charge in [0.15, 0.2) is 0 Å². The molecule has 0 fully saturated rings. The third-order valence-corrected chi connectivity index (χ3v) is 5.35. The van der Waals surface area contributed by atoms with Gasteiger partial charge in [0, 0.05) is 11.1 Å². The van der Waals surface area contributed by atoms with Crippen molar-refractivity contribution in [3.8, 4) is 0 Å². The van der Waals surface area contributed by atoms with E-state index in [-0.39, 0.29) is 27.6 Å². The molecule has 0 aromatic heterocycles. The Bertz CT molecular complexity index is 561. The highest BCUT2D eigenvalue weighted by molar-refractivity contribution is 7.89. The fourth-order valence-corrected chi connectivity index (χ4v) is 4.09. The molecule has 0 amide bonds. The maximum Gasteiger partial charge on any atom is 0.242 e. The van der Waals surface area contributed by atoms with Crippen LogP contribution in [-0.4, -0.2) is 19.6 Å². The lowest BCUT2D eigenvalue weighted by Gasteiger charge is -2.17. The summed E-state index contributed by atoms with van der Waals surface area (Å²) in [5.41, 5.74) is 0.333. The summed E-state index contributed by atoms with van der Waals surface area (Å²) in [6, 6.07) is 2.52. The predicted octanol–water partition coefficient (Wildman–Crippen LogP) is 3.34. The minimum absolute atomic E-state index is 0.0473. The van der Waals surface area contributed by atoms with E-state index in [0.29, 0.717) is 12.0 Å². The second-order valence-corrected chi connectivity index (χ2v) is 7.04. The molecule has 2 N–H and O–H groups in total. The van der Waals surface area contributed by atoms with Gasteiger partial charge in [0.2, 0.25) is 10.0 Å². The molecule has 0 saturated carbocycles. The number of aliphatic hydroxyl groups excluding tert-OH is 1. The van der Waals surface area contributed by atoms with Crippen molar-refractivity contribution in [1.82, 2.24) is 4.72 Å². The average molecular weight is 340 g/mol. The minimum atomic E-state index is -3.73. The van der Waals surface area contributed by atoms with E-state index in [1.165, 1.54) is 12.1 Å². The van der Waals surface area contributed by atoms with E-state index >= 15 is 0 Å². The van der Waals surface area contributed by atoms with Crippen LogP contribution in [0.2, 0.25) is 10.0 Å². The highest BCUT2D eigenvalue weighted by Gasteiger charge is 2.22. The van der Waals surface area contributed by atoms with Gasteiger partial charge in [-0.3, -0.25) is 0 Å². The molecular weight excluding hydrogens is 321 g/mol. The van der Waals surface area contributed by atoms with Gasteiger partial charge in [-0.05, 0) is 30.5 Å².